The quantitative estimate of drug-likeness (QED) is 0.590. The number of aryl methyl sites for hydroxylation is 1. The Morgan fingerprint density at radius 1 is 1.25 bits per heavy atom. The molecule has 0 atom stereocenters. The number of nitrogens with zero attached hydrogens (tertiary/aromatic N) is 3. The van der Waals surface area contributed by atoms with Crippen molar-refractivity contribution >= 4 is 22.5 Å². The van der Waals surface area contributed by atoms with Crippen molar-refractivity contribution in [1.82, 2.24) is 25.3 Å². The van der Waals surface area contributed by atoms with Gasteiger partial charge in [0, 0.05) is 24.7 Å². The second kappa shape index (κ2) is 8.93. The molecule has 0 saturated heterocycles. The van der Waals surface area contributed by atoms with E-state index in [-0.39, 0.29) is 36.5 Å². The third-order valence-electron chi connectivity index (χ3n) is 5.24. The van der Waals surface area contributed by atoms with Crippen molar-refractivity contribution in [3.63, 3.8) is 0 Å². The second-order valence-electron chi connectivity index (χ2n) is 7.24. The molecule has 0 spiro atoms. The minimum absolute atomic E-state index is 0.0157. The highest BCUT2D eigenvalue weighted by molar-refractivity contribution is 5.92. The number of H-pyrrole nitrogens is 1. The maximum absolute atomic E-state index is 15.0. The zero-order chi connectivity index (χ0) is 22.8. The van der Waals surface area contributed by atoms with Crippen LogP contribution in [0.15, 0.2) is 35.1 Å². The van der Waals surface area contributed by atoms with E-state index in [1.54, 1.807) is 18.2 Å². The third kappa shape index (κ3) is 4.14. The predicted octanol–water partition coefficient (Wildman–Crippen LogP) is 2.35. The number of rotatable bonds is 5. The Bertz CT molecular complexity index is 1290. The van der Waals surface area contributed by atoms with Gasteiger partial charge in [-0.3, -0.25) is 14.4 Å². The van der Waals surface area contributed by atoms with Crippen molar-refractivity contribution in [3.8, 4) is 0 Å². The fraction of sp³-hybridized carbons (Fsp3) is 0.273. The van der Waals surface area contributed by atoms with Gasteiger partial charge in [-0.25, -0.2) is 14.4 Å². The lowest BCUT2D eigenvalue weighted by molar-refractivity contribution is -0.151. The molecule has 1 aliphatic rings. The fourth-order valence-corrected chi connectivity index (χ4v) is 3.47. The molecule has 1 aliphatic heterocycles. The molecule has 10 heteroatoms. The van der Waals surface area contributed by atoms with Crippen LogP contribution in [0.2, 0.25) is 0 Å². The van der Waals surface area contributed by atoms with Crippen molar-refractivity contribution < 1.29 is 18.4 Å². The molecule has 1 amide bonds. The molecule has 0 bridgehead atoms. The van der Waals surface area contributed by atoms with Gasteiger partial charge in [0.25, 0.3) is 11.5 Å². The van der Waals surface area contributed by atoms with Crippen molar-refractivity contribution in [2.45, 2.75) is 19.9 Å². The maximum Gasteiger partial charge on any atom is 0.270 e. The SMILES string of the molecule is CCc1nc2ccc(CN3CC=C(c4ccc(C(=O)NC)nc4F)CO3)c(F)c2[nH]c1=O. The van der Waals surface area contributed by atoms with Crippen LogP contribution in [0.5, 0.6) is 0 Å². The van der Waals surface area contributed by atoms with Crippen LogP contribution in [0.25, 0.3) is 16.6 Å². The summed E-state index contributed by atoms with van der Waals surface area (Å²) in [4.78, 5) is 39.7. The number of aromatic nitrogens is 3. The van der Waals surface area contributed by atoms with Crippen molar-refractivity contribution in [2.75, 3.05) is 20.2 Å². The number of carbonyl (C=O) groups is 1. The summed E-state index contributed by atoms with van der Waals surface area (Å²) < 4.78 is 29.3. The van der Waals surface area contributed by atoms with Crippen molar-refractivity contribution in [1.29, 1.82) is 0 Å². The molecule has 0 saturated carbocycles. The molecule has 8 nitrogen and oxygen atoms in total. The van der Waals surface area contributed by atoms with E-state index >= 15 is 0 Å². The van der Waals surface area contributed by atoms with Gasteiger partial charge in [0.1, 0.15) is 16.9 Å². The van der Waals surface area contributed by atoms with Crippen LogP contribution < -0.4 is 10.9 Å². The first-order valence-corrected chi connectivity index (χ1v) is 10.1. The van der Waals surface area contributed by atoms with Gasteiger partial charge in [0.15, 0.2) is 5.82 Å². The molecule has 2 aromatic heterocycles. The summed E-state index contributed by atoms with van der Waals surface area (Å²) in [7, 11) is 1.44. The molecular formula is C22H21F2N5O3. The van der Waals surface area contributed by atoms with Gasteiger partial charge in [0.2, 0.25) is 5.95 Å². The highest BCUT2D eigenvalue weighted by atomic mass is 19.1. The summed E-state index contributed by atoms with van der Waals surface area (Å²) >= 11 is 0. The molecule has 3 aromatic rings. The second-order valence-corrected chi connectivity index (χ2v) is 7.24. The third-order valence-corrected chi connectivity index (χ3v) is 5.24. The first-order chi connectivity index (χ1) is 15.4. The number of hydroxylamine groups is 2. The lowest BCUT2D eigenvalue weighted by atomic mass is 10.1. The van der Waals surface area contributed by atoms with E-state index in [1.807, 2.05) is 6.92 Å². The fourth-order valence-electron chi connectivity index (χ4n) is 3.47. The smallest absolute Gasteiger partial charge is 0.270 e. The van der Waals surface area contributed by atoms with E-state index in [0.717, 1.165) is 0 Å². The molecule has 4 rings (SSSR count). The lowest BCUT2D eigenvalue weighted by Gasteiger charge is -2.26. The predicted molar refractivity (Wildman–Crippen MR) is 114 cm³/mol. The van der Waals surface area contributed by atoms with Gasteiger partial charge in [-0.2, -0.15) is 9.45 Å². The Balaban J connectivity index is 1.51. The summed E-state index contributed by atoms with van der Waals surface area (Å²) in [6.07, 6.45) is 2.22. The molecule has 3 heterocycles. The Hall–Kier alpha value is -3.50. The van der Waals surface area contributed by atoms with Crippen LogP contribution in [-0.2, 0) is 17.8 Å². The number of benzene rings is 1. The van der Waals surface area contributed by atoms with E-state index in [4.69, 9.17) is 4.84 Å². The van der Waals surface area contributed by atoms with Crippen molar-refractivity contribution in [3.05, 3.63) is 75.0 Å². The van der Waals surface area contributed by atoms with Gasteiger partial charge in [-0.15, -0.1) is 0 Å². The number of hydrogen-bond donors (Lipinski definition) is 2. The number of aromatic amines is 1. The molecule has 0 fully saturated rings. The van der Waals surface area contributed by atoms with Crippen LogP contribution in [0.1, 0.15) is 34.2 Å². The van der Waals surface area contributed by atoms with Gasteiger partial charge < -0.3 is 10.3 Å². The summed E-state index contributed by atoms with van der Waals surface area (Å²) in [6.45, 7) is 2.28. The van der Waals surface area contributed by atoms with E-state index in [9.17, 15) is 18.4 Å². The lowest BCUT2D eigenvalue weighted by Crippen LogP contribution is -2.29. The Morgan fingerprint density at radius 2 is 2.06 bits per heavy atom. The number of hydrogen-bond acceptors (Lipinski definition) is 6. The number of nitrogens with one attached hydrogen (secondary N) is 2. The summed E-state index contributed by atoms with van der Waals surface area (Å²) in [5.74, 6) is -1.80. The van der Waals surface area contributed by atoms with Gasteiger partial charge in [-0.1, -0.05) is 19.1 Å². The van der Waals surface area contributed by atoms with Crippen LogP contribution in [0.4, 0.5) is 8.78 Å². The molecule has 166 valence electrons. The van der Waals surface area contributed by atoms with Crippen molar-refractivity contribution in [2.24, 2.45) is 0 Å². The summed E-state index contributed by atoms with van der Waals surface area (Å²) in [6, 6.07) is 6.18. The molecule has 0 radical (unpaired) electrons. The largest absolute Gasteiger partial charge is 0.354 e. The van der Waals surface area contributed by atoms with Gasteiger partial charge in [-0.05, 0) is 30.2 Å². The monoisotopic (exact) mass is 441 g/mol. The molecule has 0 aliphatic carbocycles. The van der Waals surface area contributed by atoms with Crippen LogP contribution in [0, 0.1) is 11.8 Å². The summed E-state index contributed by atoms with van der Waals surface area (Å²) in [5, 5.41) is 3.92. The van der Waals surface area contributed by atoms with Gasteiger partial charge in [0.05, 0.1) is 18.7 Å². The van der Waals surface area contributed by atoms with Gasteiger partial charge >= 0.3 is 0 Å². The normalized spacial score (nSPS) is 14.4. The van der Waals surface area contributed by atoms with Crippen LogP contribution >= 0.6 is 0 Å². The maximum atomic E-state index is 15.0. The minimum atomic E-state index is -0.766. The zero-order valence-electron chi connectivity index (χ0n) is 17.5. The Labute approximate surface area is 181 Å². The number of carbonyl (C=O) groups excluding carboxylic acids is 1. The highest BCUT2D eigenvalue weighted by Crippen LogP contribution is 2.24. The van der Waals surface area contributed by atoms with E-state index < -0.39 is 23.2 Å². The topological polar surface area (TPSA) is 100 Å². The Kier molecular flexibility index (Phi) is 6.06. The number of amides is 1. The average molecular weight is 441 g/mol. The molecule has 32 heavy (non-hydrogen) atoms. The first kappa shape index (κ1) is 21.7. The van der Waals surface area contributed by atoms with E-state index in [2.05, 4.69) is 20.3 Å². The molecule has 0 unspecified atom stereocenters. The first-order valence-electron chi connectivity index (χ1n) is 10.1. The van der Waals surface area contributed by atoms with Crippen LogP contribution in [0.3, 0.4) is 0 Å². The van der Waals surface area contributed by atoms with E-state index in [1.165, 1.54) is 24.2 Å². The van der Waals surface area contributed by atoms with Crippen LogP contribution in [-0.4, -0.2) is 46.1 Å². The molecule has 1 aromatic carbocycles. The number of halogens is 2. The number of fused-ring (bicyclic) bond motifs is 1. The minimum Gasteiger partial charge on any atom is -0.354 e. The zero-order valence-corrected chi connectivity index (χ0v) is 17.5. The van der Waals surface area contributed by atoms with E-state index in [0.29, 0.717) is 28.8 Å². The molecule has 2 N–H and O–H groups in total. The number of pyridine rings is 1. The highest BCUT2D eigenvalue weighted by Gasteiger charge is 2.20. The summed E-state index contributed by atoms with van der Waals surface area (Å²) in [5.41, 5.74) is 1.52. The Morgan fingerprint density at radius 3 is 2.72 bits per heavy atom. The standard InChI is InChI=1S/C22H21F2N5O3/c1-3-15-22(31)28-19-16(26-15)6-4-12(18(19)23)10-29-9-8-13(11-32-29)14-5-7-17(21(30)25-2)27-20(14)24/h4-8H,3,9-11H2,1-2H3,(H,25,30)(H,28,31). The molecular weight excluding hydrogens is 420 g/mol. The average Bonchev–Trinajstić information content (AvgIpc) is 2.81.